The van der Waals surface area contributed by atoms with Crippen molar-refractivity contribution in [2.45, 2.75) is 0 Å². The first-order valence-corrected chi connectivity index (χ1v) is 1.11. The zero-order valence-corrected chi connectivity index (χ0v) is 11.7. The summed E-state index contributed by atoms with van der Waals surface area (Å²) in [7, 11) is 0. The van der Waals surface area contributed by atoms with Gasteiger partial charge in [0.05, 0.1) is 0 Å². The summed E-state index contributed by atoms with van der Waals surface area (Å²) < 4.78 is 0. The Bertz CT molecular complexity index is 91.1. The van der Waals surface area contributed by atoms with E-state index in [1.54, 1.807) is 0 Å². The molecule has 0 fully saturated rings. The van der Waals surface area contributed by atoms with Crippen molar-refractivity contribution in [3.05, 3.63) is 0 Å². The Balaban J connectivity index is -0.00000000833. The van der Waals surface area contributed by atoms with Gasteiger partial charge in [-0.3, -0.25) is 0 Å². The second-order valence-corrected chi connectivity index (χ2v) is 0.610. The van der Waals surface area contributed by atoms with Crippen LogP contribution in [0.5, 0.6) is 0 Å². The smallest absolute Gasteiger partial charge is 1.00 e. The standard InChI is InChI=1S/C2H2O4.4ClH.K.H/c3-1(4)2(5)6;;;;;;/h(H,3,4)(H,5,6);4*1H;;/q;;;;;+1;-1. The van der Waals surface area contributed by atoms with Gasteiger partial charge in [-0.05, 0) is 0 Å². The van der Waals surface area contributed by atoms with Crippen LogP contribution in [-0.4, -0.2) is 22.2 Å². The van der Waals surface area contributed by atoms with Gasteiger partial charge in [0.1, 0.15) is 0 Å². The molecule has 11 heavy (non-hydrogen) atoms. The molecule has 0 atom stereocenters. The van der Waals surface area contributed by atoms with Crippen LogP contribution in [0.1, 0.15) is 1.43 Å². The summed E-state index contributed by atoms with van der Waals surface area (Å²) in [5.41, 5.74) is 0. The predicted molar refractivity (Wildman–Crippen MR) is 45.4 cm³/mol. The second kappa shape index (κ2) is 22.6. The van der Waals surface area contributed by atoms with Crippen LogP contribution in [0.25, 0.3) is 0 Å². The molecule has 9 heteroatoms. The molecule has 4 nitrogen and oxygen atoms in total. The molecule has 0 aromatic heterocycles. The number of carboxylic acids is 2. The van der Waals surface area contributed by atoms with E-state index in [2.05, 4.69) is 0 Å². The van der Waals surface area contributed by atoms with Crippen LogP contribution in [0.2, 0.25) is 0 Å². The summed E-state index contributed by atoms with van der Waals surface area (Å²) >= 11 is 0. The summed E-state index contributed by atoms with van der Waals surface area (Å²) in [4.78, 5) is 18.2. The average molecular weight is 276 g/mol. The molecule has 0 aliphatic rings. The third-order valence-electron chi connectivity index (χ3n) is 0.183. The zero-order valence-electron chi connectivity index (χ0n) is 6.34. The summed E-state index contributed by atoms with van der Waals surface area (Å²) in [6, 6.07) is 0. The van der Waals surface area contributed by atoms with E-state index in [4.69, 9.17) is 19.8 Å². The maximum absolute atomic E-state index is 9.10. The van der Waals surface area contributed by atoms with E-state index in [0.717, 1.165) is 0 Å². The van der Waals surface area contributed by atoms with Gasteiger partial charge in [0, 0.05) is 0 Å². The van der Waals surface area contributed by atoms with Gasteiger partial charge in [-0.25, -0.2) is 9.59 Å². The minimum absolute atomic E-state index is 0. The monoisotopic (exact) mass is 274 g/mol. The number of hydrogen-bond acceptors (Lipinski definition) is 2. The Labute approximate surface area is 132 Å². The van der Waals surface area contributed by atoms with Crippen molar-refractivity contribution >= 4 is 61.6 Å². The Morgan fingerprint density at radius 1 is 0.818 bits per heavy atom. The van der Waals surface area contributed by atoms with E-state index in [9.17, 15) is 0 Å². The van der Waals surface area contributed by atoms with Gasteiger partial charge in [0.25, 0.3) is 0 Å². The molecular weight excluding hydrogens is 269 g/mol. The molecule has 0 unspecified atom stereocenters. The molecule has 0 spiro atoms. The first-order chi connectivity index (χ1) is 2.64. The van der Waals surface area contributed by atoms with Gasteiger partial charge >= 0.3 is 63.3 Å². The van der Waals surface area contributed by atoms with Crippen LogP contribution in [0.15, 0.2) is 0 Å². The van der Waals surface area contributed by atoms with Gasteiger partial charge in [0.2, 0.25) is 0 Å². The molecule has 0 rings (SSSR count). The molecule has 0 aliphatic heterocycles. The zero-order chi connectivity index (χ0) is 5.15. The maximum atomic E-state index is 9.10. The normalized spacial score (nSPS) is 4.00. The first-order valence-electron chi connectivity index (χ1n) is 1.11. The fraction of sp³-hybridized carbons (Fsp3) is 0. The minimum atomic E-state index is -1.82. The Morgan fingerprint density at radius 3 is 0.909 bits per heavy atom. The molecule has 2 N–H and O–H groups in total. The van der Waals surface area contributed by atoms with Gasteiger partial charge in [-0.2, -0.15) is 0 Å². The summed E-state index contributed by atoms with van der Waals surface area (Å²) in [5.74, 6) is -3.65. The number of rotatable bonds is 0. The van der Waals surface area contributed by atoms with E-state index in [1.807, 2.05) is 0 Å². The van der Waals surface area contributed by atoms with Gasteiger partial charge in [-0.1, -0.05) is 0 Å². The maximum Gasteiger partial charge on any atom is 1.00 e. The fourth-order valence-electron chi connectivity index (χ4n) is 0. The van der Waals surface area contributed by atoms with Crippen LogP contribution in [0.4, 0.5) is 0 Å². The van der Waals surface area contributed by atoms with E-state index in [-0.39, 0.29) is 102 Å². The number of carboxylic acid groups (broad SMARTS) is 2. The number of hydrogen-bond donors (Lipinski definition) is 2. The summed E-state index contributed by atoms with van der Waals surface area (Å²) in [6.45, 7) is 0. The SMILES string of the molecule is Cl.Cl.Cl.Cl.O=C(O)C(=O)O.[H-].[K+]. The number of halogens is 4. The Kier molecular flexibility index (Phi) is 79.4. The van der Waals surface area contributed by atoms with Crippen LogP contribution >= 0.6 is 49.6 Å². The van der Waals surface area contributed by atoms with E-state index >= 15 is 0 Å². The van der Waals surface area contributed by atoms with Crippen LogP contribution in [0.3, 0.4) is 0 Å². The topological polar surface area (TPSA) is 74.6 Å². The van der Waals surface area contributed by atoms with Crippen molar-refractivity contribution in [3.8, 4) is 0 Å². The van der Waals surface area contributed by atoms with E-state index in [0.29, 0.717) is 0 Å². The molecule has 0 bridgehead atoms. The van der Waals surface area contributed by atoms with Crippen molar-refractivity contribution in [2.24, 2.45) is 0 Å². The molecule has 0 radical (unpaired) electrons. The van der Waals surface area contributed by atoms with Crippen molar-refractivity contribution in [1.29, 1.82) is 0 Å². The van der Waals surface area contributed by atoms with E-state index < -0.39 is 11.9 Å². The van der Waals surface area contributed by atoms with Crippen molar-refractivity contribution in [1.82, 2.24) is 0 Å². The molecule has 0 saturated carbocycles. The molecule has 0 saturated heterocycles. The third kappa shape index (κ3) is 33.8. The molecule has 0 aromatic carbocycles. The van der Waals surface area contributed by atoms with Crippen LogP contribution in [-0.2, 0) is 9.59 Å². The largest absolute Gasteiger partial charge is 1.00 e. The van der Waals surface area contributed by atoms with Gasteiger partial charge in [-0.15, -0.1) is 49.6 Å². The summed E-state index contributed by atoms with van der Waals surface area (Å²) in [6.07, 6.45) is 0. The molecule has 0 aromatic rings. The Morgan fingerprint density at radius 2 is 0.909 bits per heavy atom. The van der Waals surface area contributed by atoms with Crippen molar-refractivity contribution < 1.29 is 72.6 Å². The molecule has 0 heterocycles. The van der Waals surface area contributed by atoms with E-state index in [1.165, 1.54) is 0 Å². The minimum Gasteiger partial charge on any atom is -1.00 e. The number of carbonyl (C=O) groups is 2. The fourth-order valence-corrected chi connectivity index (χ4v) is 0. The van der Waals surface area contributed by atoms with Gasteiger partial charge < -0.3 is 11.6 Å². The molecule has 0 aliphatic carbocycles. The van der Waals surface area contributed by atoms with Crippen molar-refractivity contribution in [2.75, 3.05) is 0 Å². The average Bonchev–Trinajstić information content (AvgIpc) is 1.36. The van der Waals surface area contributed by atoms with Gasteiger partial charge in [0.15, 0.2) is 0 Å². The second-order valence-electron chi connectivity index (χ2n) is 0.610. The molecular formula is C2H7Cl4KO4. The first kappa shape index (κ1) is 38.7. The third-order valence-corrected chi connectivity index (χ3v) is 0.183. The van der Waals surface area contributed by atoms with Crippen LogP contribution in [0, 0.1) is 0 Å². The van der Waals surface area contributed by atoms with Crippen LogP contribution < -0.4 is 51.4 Å². The quantitative estimate of drug-likeness (QED) is 0.395. The molecule has 68 valence electrons. The number of aliphatic carboxylic acids is 2. The predicted octanol–water partition coefficient (Wildman–Crippen LogP) is -2.04. The Hall–Kier alpha value is 1.74. The van der Waals surface area contributed by atoms with Crippen molar-refractivity contribution in [3.63, 3.8) is 0 Å². The molecule has 0 amide bonds. The summed E-state index contributed by atoms with van der Waals surface area (Å²) in [5, 5.41) is 14.8.